The molecule has 54 valence electrons. The van der Waals surface area contributed by atoms with Gasteiger partial charge in [-0.3, -0.25) is 0 Å². The van der Waals surface area contributed by atoms with E-state index < -0.39 is 0 Å². The van der Waals surface area contributed by atoms with Gasteiger partial charge in [0.1, 0.15) is 4.99 Å². The van der Waals surface area contributed by atoms with Gasteiger partial charge in [-0.15, -0.1) is 23.1 Å². The van der Waals surface area contributed by atoms with E-state index in [-0.39, 0.29) is 0 Å². The second-order valence-corrected chi connectivity index (χ2v) is 4.32. The summed E-state index contributed by atoms with van der Waals surface area (Å²) in [5.74, 6) is 0. The lowest BCUT2D eigenvalue weighted by Crippen LogP contribution is -2.06. The van der Waals surface area contributed by atoms with Crippen LogP contribution in [0, 0.1) is 0 Å². The summed E-state index contributed by atoms with van der Waals surface area (Å²) in [6.45, 7) is 0. The molecule has 1 rings (SSSR count). The molecule has 1 aromatic rings. The van der Waals surface area contributed by atoms with Gasteiger partial charge in [0.15, 0.2) is 0 Å². The van der Waals surface area contributed by atoms with Crippen LogP contribution in [-0.4, -0.2) is 11.2 Å². The summed E-state index contributed by atoms with van der Waals surface area (Å²) < 4.78 is 1.25. The molecule has 0 aliphatic heterocycles. The van der Waals surface area contributed by atoms with E-state index in [1.54, 1.807) is 23.1 Å². The van der Waals surface area contributed by atoms with Gasteiger partial charge in [-0.25, -0.2) is 0 Å². The molecule has 1 nitrogen and oxygen atoms in total. The third-order valence-electron chi connectivity index (χ3n) is 1.03. The number of hydrogen-bond acceptors (Lipinski definition) is 3. The van der Waals surface area contributed by atoms with Gasteiger partial charge in [-0.1, -0.05) is 12.2 Å². The van der Waals surface area contributed by atoms with Gasteiger partial charge in [-0.05, 0) is 18.4 Å². The minimum Gasteiger partial charge on any atom is -0.389 e. The highest BCUT2D eigenvalue weighted by Gasteiger charge is 1.99. The molecule has 0 aliphatic rings. The lowest BCUT2D eigenvalue weighted by molar-refractivity contribution is 1.73. The average molecular weight is 189 g/mol. The quantitative estimate of drug-likeness (QED) is 0.570. The lowest BCUT2D eigenvalue weighted by atomic mass is 10.5. The molecule has 0 unspecified atom stereocenters. The number of thioether (sulfide) groups is 1. The summed E-state index contributed by atoms with van der Waals surface area (Å²) in [7, 11) is 0. The predicted molar refractivity (Wildman–Crippen MR) is 52.0 cm³/mol. The summed E-state index contributed by atoms with van der Waals surface area (Å²) in [4.78, 5) is 1.49. The zero-order valence-corrected chi connectivity index (χ0v) is 7.91. The molecule has 0 atom stereocenters. The Labute approximate surface area is 73.6 Å². The minimum absolute atomic E-state index is 0.491. The van der Waals surface area contributed by atoms with Gasteiger partial charge in [0.05, 0.1) is 9.09 Å². The van der Waals surface area contributed by atoms with Crippen LogP contribution in [0.25, 0.3) is 0 Å². The Hall–Kier alpha value is -0.0600. The van der Waals surface area contributed by atoms with Gasteiger partial charge in [0.2, 0.25) is 0 Å². The van der Waals surface area contributed by atoms with Gasteiger partial charge in [0, 0.05) is 0 Å². The molecule has 0 amide bonds. The van der Waals surface area contributed by atoms with E-state index in [0.717, 1.165) is 4.88 Å². The summed E-state index contributed by atoms with van der Waals surface area (Å²) in [5, 5.41) is 0. The number of nitrogens with two attached hydrogens (primary N) is 1. The van der Waals surface area contributed by atoms with E-state index in [1.165, 1.54) is 4.21 Å². The third kappa shape index (κ3) is 1.71. The topological polar surface area (TPSA) is 26.0 Å². The summed E-state index contributed by atoms with van der Waals surface area (Å²) in [6.07, 6.45) is 2.04. The van der Waals surface area contributed by atoms with Crippen molar-refractivity contribution in [2.24, 2.45) is 5.73 Å². The van der Waals surface area contributed by atoms with E-state index in [9.17, 15) is 0 Å². The Morgan fingerprint density at radius 3 is 2.70 bits per heavy atom. The van der Waals surface area contributed by atoms with Crippen molar-refractivity contribution in [1.82, 2.24) is 0 Å². The maximum absolute atomic E-state index is 5.41. The number of thiophene rings is 1. The Kier molecular flexibility index (Phi) is 2.71. The molecule has 4 heteroatoms. The average Bonchev–Trinajstić information content (AvgIpc) is 2.34. The van der Waals surface area contributed by atoms with Crippen molar-refractivity contribution in [1.29, 1.82) is 0 Å². The second kappa shape index (κ2) is 3.37. The second-order valence-electron chi connectivity index (χ2n) is 1.69. The summed E-state index contributed by atoms with van der Waals surface area (Å²) in [5.41, 5.74) is 5.41. The van der Waals surface area contributed by atoms with Crippen LogP contribution in [0.15, 0.2) is 16.3 Å². The number of thiocarbonyl (C=S) groups is 1. The van der Waals surface area contributed by atoms with E-state index in [2.05, 4.69) is 0 Å². The third-order valence-corrected chi connectivity index (χ3v) is 3.58. The Bertz CT molecular complexity index is 241. The molecular weight excluding hydrogens is 182 g/mol. The Balaban J connectivity index is 2.88. The largest absolute Gasteiger partial charge is 0.389 e. The van der Waals surface area contributed by atoms with Gasteiger partial charge < -0.3 is 5.73 Å². The molecule has 0 saturated carbocycles. The number of rotatable bonds is 2. The fourth-order valence-corrected chi connectivity index (χ4v) is 2.15. The molecule has 0 saturated heterocycles. The highest BCUT2D eigenvalue weighted by atomic mass is 32.2. The van der Waals surface area contributed by atoms with E-state index in [0.29, 0.717) is 4.99 Å². The summed E-state index contributed by atoms with van der Waals surface area (Å²) in [6, 6.07) is 3.99. The fourth-order valence-electron chi connectivity index (χ4n) is 0.562. The van der Waals surface area contributed by atoms with Crippen LogP contribution >= 0.6 is 35.3 Å². The van der Waals surface area contributed by atoms with E-state index >= 15 is 0 Å². The van der Waals surface area contributed by atoms with Crippen LogP contribution in [0.4, 0.5) is 0 Å². The van der Waals surface area contributed by atoms with Gasteiger partial charge in [0.25, 0.3) is 0 Å². The zero-order valence-electron chi connectivity index (χ0n) is 5.46. The monoisotopic (exact) mass is 189 g/mol. The first-order chi connectivity index (χ1) is 4.74. The first-order valence-corrected chi connectivity index (χ1v) is 5.12. The molecule has 0 aromatic carbocycles. The smallest absolute Gasteiger partial charge is 0.114 e. The van der Waals surface area contributed by atoms with Crippen LogP contribution in [0.1, 0.15) is 4.88 Å². The fraction of sp³-hybridized carbons (Fsp3) is 0.167. The van der Waals surface area contributed by atoms with Gasteiger partial charge in [-0.2, -0.15) is 0 Å². The van der Waals surface area contributed by atoms with Crippen LogP contribution in [0.5, 0.6) is 0 Å². The van der Waals surface area contributed by atoms with Crippen LogP contribution in [0.2, 0.25) is 0 Å². The highest BCUT2D eigenvalue weighted by molar-refractivity contribution is 8.00. The van der Waals surface area contributed by atoms with Crippen molar-refractivity contribution in [2.75, 3.05) is 6.26 Å². The zero-order chi connectivity index (χ0) is 7.56. The molecule has 0 radical (unpaired) electrons. The van der Waals surface area contributed by atoms with Gasteiger partial charge >= 0.3 is 0 Å². The van der Waals surface area contributed by atoms with Crippen molar-refractivity contribution in [3.8, 4) is 0 Å². The van der Waals surface area contributed by atoms with Crippen LogP contribution in [0.3, 0.4) is 0 Å². The molecule has 1 aromatic heterocycles. The molecule has 1 heterocycles. The first kappa shape index (κ1) is 8.04. The molecule has 10 heavy (non-hydrogen) atoms. The van der Waals surface area contributed by atoms with E-state index in [1.807, 2.05) is 18.4 Å². The molecule has 0 aliphatic carbocycles. The van der Waals surface area contributed by atoms with E-state index in [4.69, 9.17) is 18.0 Å². The van der Waals surface area contributed by atoms with Crippen LogP contribution in [-0.2, 0) is 0 Å². The van der Waals surface area contributed by atoms with Crippen molar-refractivity contribution in [2.45, 2.75) is 4.21 Å². The minimum atomic E-state index is 0.491. The predicted octanol–water partition coefficient (Wildman–Crippen LogP) is 2.10. The first-order valence-electron chi connectivity index (χ1n) is 2.67. The molecule has 2 N–H and O–H groups in total. The summed E-state index contributed by atoms with van der Waals surface area (Å²) >= 11 is 8.15. The molecule has 0 bridgehead atoms. The van der Waals surface area contributed by atoms with Crippen molar-refractivity contribution >= 4 is 40.3 Å². The number of hydrogen-bond donors (Lipinski definition) is 1. The molecule has 0 spiro atoms. The highest BCUT2D eigenvalue weighted by Crippen LogP contribution is 2.24. The Morgan fingerprint density at radius 2 is 2.40 bits per heavy atom. The molecule has 0 fully saturated rings. The van der Waals surface area contributed by atoms with Crippen molar-refractivity contribution in [3.63, 3.8) is 0 Å². The van der Waals surface area contributed by atoms with Crippen LogP contribution < -0.4 is 5.73 Å². The maximum Gasteiger partial charge on any atom is 0.114 e. The SMILES string of the molecule is CSc1ccc(C(N)=S)s1. The standard InChI is InChI=1S/C6H7NS3/c1-9-5-3-2-4(10-5)6(7)8/h2-3H,1H3,(H2,7,8). The normalized spacial score (nSPS) is 9.70. The maximum atomic E-state index is 5.41. The lowest BCUT2D eigenvalue weighted by Gasteiger charge is -1.87. The van der Waals surface area contributed by atoms with Crippen molar-refractivity contribution < 1.29 is 0 Å². The molecular formula is C6H7NS3. The Morgan fingerprint density at radius 1 is 1.70 bits per heavy atom. The van der Waals surface area contributed by atoms with Crippen molar-refractivity contribution in [3.05, 3.63) is 17.0 Å².